The molecule has 0 spiro atoms. The van der Waals surface area contributed by atoms with Crippen LogP contribution in [0.4, 0.5) is 5.69 Å². The molecule has 126 valence electrons. The third kappa shape index (κ3) is 4.16. The Hall–Kier alpha value is -3.31. The quantitative estimate of drug-likeness (QED) is 0.665. The maximum atomic E-state index is 12.4. The van der Waals surface area contributed by atoms with Crippen molar-refractivity contribution >= 4 is 17.7 Å². The number of aryl methyl sites for hydroxylation is 1. The Balaban J connectivity index is 2.28. The lowest BCUT2D eigenvalue weighted by Gasteiger charge is -2.07. The van der Waals surface area contributed by atoms with Gasteiger partial charge in [-0.25, -0.2) is 0 Å². The summed E-state index contributed by atoms with van der Waals surface area (Å²) in [4.78, 5) is 12.4. The fourth-order valence-corrected chi connectivity index (χ4v) is 2.71. The second kappa shape index (κ2) is 7.99. The lowest BCUT2D eigenvalue weighted by Crippen LogP contribution is -2.13. The molecular formula is C20H20N4O. The highest BCUT2D eigenvalue weighted by atomic mass is 16.1. The molecule has 1 N–H and O–H groups in total. The van der Waals surface area contributed by atoms with Crippen LogP contribution in [0.15, 0.2) is 35.9 Å². The third-order valence-electron chi connectivity index (χ3n) is 3.97. The van der Waals surface area contributed by atoms with Gasteiger partial charge in [-0.15, -0.1) is 0 Å². The predicted octanol–water partition coefficient (Wildman–Crippen LogP) is 3.93. The van der Waals surface area contributed by atoms with Gasteiger partial charge in [0, 0.05) is 23.6 Å². The molecule has 5 heteroatoms. The standard InChI is InChI=1S/C20H20N4O/c1-4-8-24-14(2)9-17(15(24)3)11-18(13-22)20(25)23-19-7-5-6-16(10-19)12-21/h5-7,9-11H,4,8H2,1-3H3,(H,23,25)/b18-11+. The molecule has 1 heterocycles. The molecule has 0 unspecified atom stereocenters. The van der Waals surface area contributed by atoms with Crippen molar-refractivity contribution < 1.29 is 4.79 Å². The maximum absolute atomic E-state index is 12.4. The number of benzene rings is 1. The maximum Gasteiger partial charge on any atom is 0.266 e. The minimum absolute atomic E-state index is 0.0270. The molecule has 5 nitrogen and oxygen atoms in total. The first kappa shape index (κ1) is 18.0. The average Bonchev–Trinajstić information content (AvgIpc) is 2.87. The van der Waals surface area contributed by atoms with Crippen molar-refractivity contribution in [2.45, 2.75) is 33.7 Å². The molecule has 2 aromatic rings. The summed E-state index contributed by atoms with van der Waals surface area (Å²) in [5.41, 5.74) is 3.96. The van der Waals surface area contributed by atoms with Crippen LogP contribution in [0.25, 0.3) is 6.08 Å². The zero-order valence-corrected chi connectivity index (χ0v) is 14.6. The molecule has 0 radical (unpaired) electrons. The van der Waals surface area contributed by atoms with E-state index < -0.39 is 5.91 Å². The number of hydrogen-bond donors (Lipinski definition) is 1. The van der Waals surface area contributed by atoms with Gasteiger partial charge in [-0.3, -0.25) is 4.79 Å². The number of nitrogens with one attached hydrogen (secondary N) is 1. The van der Waals surface area contributed by atoms with Crippen LogP contribution in [0.2, 0.25) is 0 Å². The van der Waals surface area contributed by atoms with E-state index in [2.05, 4.69) is 16.8 Å². The van der Waals surface area contributed by atoms with Crippen molar-refractivity contribution in [3.63, 3.8) is 0 Å². The Morgan fingerprint density at radius 1 is 1.28 bits per heavy atom. The van der Waals surface area contributed by atoms with Crippen LogP contribution in [0, 0.1) is 36.5 Å². The largest absolute Gasteiger partial charge is 0.349 e. The summed E-state index contributed by atoms with van der Waals surface area (Å²) in [5.74, 6) is -0.488. The number of carbonyl (C=O) groups excluding carboxylic acids is 1. The molecule has 1 aromatic heterocycles. The van der Waals surface area contributed by atoms with Gasteiger partial charge in [0.05, 0.1) is 11.6 Å². The van der Waals surface area contributed by atoms with E-state index in [0.29, 0.717) is 11.3 Å². The minimum atomic E-state index is -0.488. The Bertz CT molecular complexity index is 907. The van der Waals surface area contributed by atoms with E-state index >= 15 is 0 Å². The van der Waals surface area contributed by atoms with Crippen LogP contribution in [-0.2, 0) is 11.3 Å². The van der Waals surface area contributed by atoms with Crippen LogP contribution >= 0.6 is 0 Å². The number of rotatable bonds is 5. The van der Waals surface area contributed by atoms with Gasteiger partial charge in [-0.05, 0) is 56.2 Å². The summed E-state index contributed by atoms with van der Waals surface area (Å²) in [6.45, 7) is 7.01. The highest BCUT2D eigenvalue weighted by Crippen LogP contribution is 2.19. The van der Waals surface area contributed by atoms with Crippen molar-refractivity contribution in [1.82, 2.24) is 4.57 Å². The molecule has 0 atom stereocenters. The number of aromatic nitrogens is 1. The Morgan fingerprint density at radius 3 is 2.68 bits per heavy atom. The van der Waals surface area contributed by atoms with Gasteiger partial charge in [0.15, 0.2) is 0 Å². The van der Waals surface area contributed by atoms with E-state index in [1.807, 2.05) is 32.1 Å². The van der Waals surface area contributed by atoms with E-state index in [0.717, 1.165) is 29.9 Å². The highest BCUT2D eigenvalue weighted by Gasteiger charge is 2.13. The molecule has 2 rings (SSSR count). The van der Waals surface area contributed by atoms with Gasteiger partial charge in [0.25, 0.3) is 5.91 Å². The molecule has 25 heavy (non-hydrogen) atoms. The molecule has 0 aliphatic heterocycles. The van der Waals surface area contributed by atoms with Crippen molar-refractivity contribution in [1.29, 1.82) is 10.5 Å². The second-order valence-electron chi connectivity index (χ2n) is 5.79. The van der Waals surface area contributed by atoms with Gasteiger partial charge in [0.1, 0.15) is 11.6 Å². The normalized spacial score (nSPS) is 10.8. The lowest BCUT2D eigenvalue weighted by molar-refractivity contribution is -0.112. The zero-order chi connectivity index (χ0) is 18.4. The average molecular weight is 332 g/mol. The van der Waals surface area contributed by atoms with Gasteiger partial charge >= 0.3 is 0 Å². The van der Waals surface area contributed by atoms with Crippen molar-refractivity contribution in [3.8, 4) is 12.1 Å². The Kier molecular flexibility index (Phi) is 5.76. The first-order chi connectivity index (χ1) is 12.0. The van der Waals surface area contributed by atoms with Gasteiger partial charge in [-0.2, -0.15) is 10.5 Å². The molecule has 0 fully saturated rings. The van der Waals surface area contributed by atoms with Crippen LogP contribution in [0.5, 0.6) is 0 Å². The van der Waals surface area contributed by atoms with E-state index in [-0.39, 0.29) is 5.57 Å². The molecule has 0 aliphatic rings. The van der Waals surface area contributed by atoms with E-state index in [4.69, 9.17) is 5.26 Å². The number of anilines is 1. The SMILES string of the molecule is CCCn1c(C)cc(/C=C(\C#N)C(=O)Nc2cccc(C#N)c2)c1C. The van der Waals surface area contributed by atoms with E-state index in [1.165, 1.54) is 0 Å². The Labute approximate surface area is 147 Å². The summed E-state index contributed by atoms with van der Waals surface area (Å²) >= 11 is 0. The number of nitrogens with zero attached hydrogens (tertiary/aromatic N) is 3. The summed E-state index contributed by atoms with van der Waals surface area (Å²) in [5, 5.41) is 21.0. The van der Waals surface area contributed by atoms with Gasteiger partial charge in [-0.1, -0.05) is 13.0 Å². The third-order valence-corrected chi connectivity index (χ3v) is 3.97. The van der Waals surface area contributed by atoms with E-state index in [9.17, 15) is 10.1 Å². The summed E-state index contributed by atoms with van der Waals surface area (Å²) < 4.78 is 2.18. The second-order valence-corrected chi connectivity index (χ2v) is 5.79. The van der Waals surface area contributed by atoms with E-state index in [1.54, 1.807) is 30.3 Å². The highest BCUT2D eigenvalue weighted by molar-refractivity contribution is 6.09. The molecule has 0 bridgehead atoms. The monoisotopic (exact) mass is 332 g/mol. The number of amides is 1. The first-order valence-electron chi connectivity index (χ1n) is 8.10. The summed E-state index contributed by atoms with van der Waals surface area (Å²) in [7, 11) is 0. The smallest absolute Gasteiger partial charge is 0.266 e. The fourth-order valence-electron chi connectivity index (χ4n) is 2.71. The van der Waals surface area contributed by atoms with Crippen molar-refractivity contribution in [3.05, 3.63) is 58.4 Å². The zero-order valence-electron chi connectivity index (χ0n) is 14.6. The Morgan fingerprint density at radius 2 is 2.04 bits per heavy atom. The van der Waals surface area contributed by atoms with Crippen molar-refractivity contribution in [2.24, 2.45) is 0 Å². The molecule has 0 aliphatic carbocycles. The van der Waals surface area contributed by atoms with Crippen LogP contribution < -0.4 is 5.32 Å². The fraction of sp³-hybridized carbons (Fsp3) is 0.250. The molecule has 0 saturated heterocycles. The van der Waals surface area contributed by atoms with Crippen LogP contribution in [0.3, 0.4) is 0 Å². The van der Waals surface area contributed by atoms with Gasteiger partial charge < -0.3 is 9.88 Å². The topological polar surface area (TPSA) is 81.6 Å². The first-order valence-corrected chi connectivity index (χ1v) is 8.10. The lowest BCUT2D eigenvalue weighted by atomic mass is 10.1. The molecule has 0 saturated carbocycles. The summed E-state index contributed by atoms with van der Waals surface area (Å²) in [6, 6.07) is 12.5. The number of carbonyl (C=O) groups is 1. The number of hydrogen-bond acceptors (Lipinski definition) is 3. The summed E-state index contributed by atoms with van der Waals surface area (Å²) in [6.07, 6.45) is 2.62. The number of nitriles is 2. The predicted molar refractivity (Wildman–Crippen MR) is 97.6 cm³/mol. The molecule has 1 aromatic carbocycles. The van der Waals surface area contributed by atoms with Gasteiger partial charge in [0.2, 0.25) is 0 Å². The van der Waals surface area contributed by atoms with Crippen LogP contribution in [-0.4, -0.2) is 10.5 Å². The minimum Gasteiger partial charge on any atom is -0.349 e. The molecule has 1 amide bonds. The van der Waals surface area contributed by atoms with Crippen molar-refractivity contribution in [2.75, 3.05) is 5.32 Å². The van der Waals surface area contributed by atoms with Crippen LogP contribution in [0.1, 0.15) is 35.9 Å². The molecular weight excluding hydrogens is 312 g/mol.